The van der Waals surface area contributed by atoms with Crippen molar-refractivity contribution in [3.05, 3.63) is 23.2 Å². The van der Waals surface area contributed by atoms with Crippen molar-refractivity contribution in [2.45, 2.75) is 6.04 Å². The average molecular weight is 298 g/mol. The number of carboxylic acids is 1. The van der Waals surface area contributed by atoms with Crippen LogP contribution in [0.3, 0.4) is 0 Å². The summed E-state index contributed by atoms with van der Waals surface area (Å²) in [6.45, 7) is 0. The first kappa shape index (κ1) is 13.8. The number of phenols is 1. The SMILES string of the molecule is O.O=C(O)[C@H]1CSC(c2nc3ccc(O)cc3s2)=N1. The van der Waals surface area contributed by atoms with Crippen LogP contribution in [0.5, 0.6) is 5.75 Å². The highest BCUT2D eigenvalue weighted by atomic mass is 32.2. The second-order valence-electron chi connectivity index (χ2n) is 3.77. The highest BCUT2D eigenvalue weighted by Crippen LogP contribution is 2.31. The highest BCUT2D eigenvalue weighted by molar-refractivity contribution is 8.15. The summed E-state index contributed by atoms with van der Waals surface area (Å²) >= 11 is 2.81. The number of hydrogen-bond acceptors (Lipinski definition) is 6. The predicted octanol–water partition coefficient (Wildman–Crippen LogP) is 1.12. The van der Waals surface area contributed by atoms with Crippen LogP contribution in [0.25, 0.3) is 10.2 Å². The molecule has 1 aliphatic heterocycles. The summed E-state index contributed by atoms with van der Waals surface area (Å²) in [4.78, 5) is 19.4. The van der Waals surface area contributed by atoms with Gasteiger partial charge >= 0.3 is 5.97 Å². The summed E-state index contributed by atoms with van der Waals surface area (Å²) in [6, 6.07) is 4.28. The Balaban J connectivity index is 0.00000133. The van der Waals surface area contributed by atoms with Crippen LogP contribution in [0, 0.1) is 0 Å². The Kier molecular flexibility index (Phi) is 3.74. The number of thioether (sulfide) groups is 1. The van der Waals surface area contributed by atoms with Crippen LogP contribution in [0.2, 0.25) is 0 Å². The number of aliphatic imine (C=N–C) groups is 1. The average Bonchev–Trinajstić information content (AvgIpc) is 2.93. The molecule has 0 radical (unpaired) electrons. The fourth-order valence-electron chi connectivity index (χ4n) is 1.62. The number of benzene rings is 1. The van der Waals surface area contributed by atoms with Crippen molar-refractivity contribution in [1.29, 1.82) is 0 Å². The molecule has 0 unspecified atom stereocenters. The first-order valence-corrected chi connectivity index (χ1v) is 6.97. The van der Waals surface area contributed by atoms with E-state index in [1.54, 1.807) is 18.2 Å². The van der Waals surface area contributed by atoms with E-state index >= 15 is 0 Å². The number of aromatic hydroxyl groups is 1. The summed E-state index contributed by atoms with van der Waals surface area (Å²) in [7, 11) is 0. The number of hydrogen-bond donors (Lipinski definition) is 2. The zero-order valence-electron chi connectivity index (χ0n) is 9.53. The summed E-state index contributed by atoms with van der Waals surface area (Å²) in [5.74, 6) is -0.260. The number of nitrogens with zero attached hydrogens (tertiary/aromatic N) is 2. The van der Waals surface area contributed by atoms with Crippen molar-refractivity contribution in [2.24, 2.45) is 4.99 Å². The maximum Gasteiger partial charge on any atom is 0.329 e. The van der Waals surface area contributed by atoms with Gasteiger partial charge in [0, 0.05) is 5.75 Å². The lowest BCUT2D eigenvalue weighted by Crippen LogP contribution is -2.17. The normalized spacial score (nSPS) is 18.1. The van der Waals surface area contributed by atoms with Gasteiger partial charge in [-0.3, -0.25) is 4.99 Å². The molecule has 0 bridgehead atoms. The molecule has 4 N–H and O–H groups in total. The van der Waals surface area contributed by atoms with Crippen molar-refractivity contribution in [1.82, 2.24) is 4.98 Å². The van der Waals surface area contributed by atoms with E-state index in [9.17, 15) is 9.90 Å². The molecular formula is C11H10N2O4S2. The Morgan fingerprint density at radius 3 is 2.89 bits per heavy atom. The third-order valence-electron chi connectivity index (χ3n) is 2.49. The highest BCUT2D eigenvalue weighted by Gasteiger charge is 2.26. The summed E-state index contributed by atoms with van der Waals surface area (Å²) < 4.78 is 0.868. The van der Waals surface area contributed by atoms with E-state index in [2.05, 4.69) is 9.98 Å². The van der Waals surface area contributed by atoms with Gasteiger partial charge in [0.2, 0.25) is 0 Å². The van der Waals surface area contributed by atoms with E-state index in [1.807, 2.05) is 0 Å². The van der Waals surface area contributed by atoms with Gasteiger partial charge in [0.05, 0.1) is 10.2 Å². The molecule has 2 aromatic rings. The number of fused-ring (bicyclic) bond motifs is 1. The Labute approximate surface area is 116 Å². The van der Waals surface area contributed by atoms with E-state index in [0.717, 1.165) is 10.2 Å². The fourth-order valence-corrected chi connectivity index (χ4v) is 3.72. The van der Waals surface area contributed by atoms with E-state index in [-0.39, 0.29) is 11.2 Å². The quantitative estimate of drug-likeness (QED) is 0.862. The minimum atomic E-state index is -0.906. The largest absolute Gasteiger partial charge is 0.508 e. The first-order chi connectivity index (χ1) is 8.63. The zero-order chi connectivity index (χ0) is 12.7. The molecule has 0 saturated heterocycles. The zero-order valence-corrected chi connectivity index (χ0v) is 11.2. The molecule has 1 aromatic heterocycles. The van der Waals surface area contributed by atoms with Crippen LogP contribution in [0.1, 0.15) is 5.01 Å². The van der Waals surface area contributed by atoms with Crippen molar-refractivity contribution >= 4 is 44.3 Å². The molecule has 2 heterocycles. The minimum absolute atomic E-state index is 0. The molecule has 0 amide bonds. The molecule has 0 fully saturated rings. The Morgan fingerprint density at radius 2 is 2.21 bits per heavy atom. The van der Waals surface area contributed by atoms with Gasteiger partial charge in [-0.15, -0.1) is 23.1 Å². The first-order valence-electron chi connectivity index (χ1n) is 5.17. The number of aliphatic carboxylic acids is 1. The maximum atomic E-state index is 10.8. The van der Waals surface area contributed by atoms with Crippen LogP contribution in [0.4, 0.5) is 0 Å². The lowest BCUT2D eigenvalue weighted by Gasteiger charge is -1.93. The number of carbonyl (C=O) groups is 1. The molecule has 100 valence electrons. The van der Waals surface area contributed by atoms with Gasteiger partial charge in [-0.2, -0.15) is 0 Å². The molecular weight excluding hydrogens is 288 g/mol. The Bertz CT molecular complexity index is 668. The Morgan fingerprint density at radius 1 is 1.42 bits per heavy atom. The third kappa shape index (κ3) is 2.55. The number of rotatable bonds is 2. The Hall–Kier alpha value is -1.64. The fraction of sp³-hybridized carbons (Fsp3) is 0.182. The monoisotopic (exact) mass is 298 g/mol. The summed E-state index contributed by atoms with van der Waals surface area (Å²) in [5.41, 5.74) is 0.787. The lowest BCUT2D eigenvalue weighted by atomic mass is 10.3. The van der Waals surface area contributed by atoms with Gasteiger partial charge in [0.25, 0.3) is 0 Å². The van der Waals surface area contributed by atoms with Gasteiger partial charge in [-0.05, 0) is 18.2 Å². The minimum Gasteiger partial charge on any atom is -0.508 e. The standard InChI is InChI=1S/C11H8N2O3S2.H2O/c14-5-1-2-6-8(3-5)18-10(12-6)9-13-7(4-17-9)11(15)16;/h1-3,7,14H,4H2,(H,15,16);1H2/t7-;/m1./s1. The summed E-state index contributed by atoms with van der Waals surface area (Å²) in [6.07, 6.45) is 0. The molecule has 0 aliphatic carbocycles. The van der Waals surface area contributed by atoms with E-state index in [0.29, 0.717) is 15.8 Å². The molecule has 3 rings (SSSR count). The van der Waals surface area contributed by atoms with E-state index < -0.39 is 12.0 Å². The van der Waals surface area contributed by atoms with E-state index in [1.165, 1.54) is 23.1 Å². The van der Waals surface area contributed by atoms with Crippen LogP contribution in [-0.4, -0.2) is 43.5 Å². The van der Waals surface area contributed by atoms with Crippen LogP contribution < -0.4 is 0 Å². The number of thiazole rings is 1. The number of phenolic OH excluding ortho intramolecular Hbond substituents is 1. The lowest BCUT2D eigenvalue weighted by molar-refractivity contribution is -0.137. The molecule has 1 atom stereocenters. The van der Waals surface area contributed by atoms with Crippen LogP contribution >= 0.6 is 23.1 Å². The van der Waals surface area contributed by atoms with Crippen molar-refractivity contribution in [3.63, 3.8) is 0 Å². The van der Waals surface area contributed by atoms with Crippen LogP contribution in [-0.2, 0) is 4.79 Å². The number of aromatic nitrogens is 1. The molecule has 6 nitrogen and oxygen atoms in total. The second-order valence-corrected chi connectivity index (χ2v) is 5.81. The summed E-state index contributed by atoms with van der Waals surface area (Å²) in [5, 5.41) is 19.7. The van der Waals surface area contributed by atoms with Crippen molar-refractivity contribution in [2.75, 3.05) is 5.75 Å². The van der Waals surface area contributed by atoms with Crippen molar-refractivity contribution in [3.8, 4) is 5.75 Å². The molecule has 8 heteroatoms. The van der Waals surface area contributed by atoms with Gasteiger partial charge in [-0.25, -0.2) is 9.78 Å². The third-order valence-corrected chi connectivity index (χ3v) is 4.70. The van der Waals surface area contributed by atoms with Gasteiger partial charge in [0.1, 0.15) is 15.8 Å². The van der Waals surface area contributed by atoms with Gasteiger partial charge < -0.3 is 15.7 Å². The topological polar surface area (TPSA) is 114 Å². The van der Waals surface area contributed by atoms with Crippen molar-refractivity contribution < 1.29 is 20.5 Å². The molecule has 19 heavy (non-hydrogen) atoms. The number of carboxylic acid groups (broad SMARTS) is 1. The van der Waals surface area contributed by atoms with Crippen LogP contribution in [0.15, 0.2) is 23.2 Å². The molecule has 0 saturated carbocycles. The predicted molar refractivity (Wildman–Crippen MR) is 75.3 cm³/mol. The van der Waals surface area contributed by atoms with Gasteiger partial charge in [-0.1, -0.05) is 0 Å². The van der Waals surface area contributed by atoms with E-state index in [4.69, 9.17) is 5.11 Å². The molecule has 1 aliphatic rings. The molecule has 1 aromatic carbocycles. The smallest absolute Gasteiger partial charge is 0.329 e. The molecule has 0 spiro atoms. The maximum absolute atomic E-state index is 10.8. The van der Waals surface area contributed by atoms with Gasteiger partial charge in [0.15, 0.2) is 6.04 Å². The second kappa shape index (κ2) is 5.16.